The Bertz CT molecular complexity index is 640. The fourth-order valence-corrected chi connectivity index (χ4v) is 4.50. The maximum absolute atomic E-state index is 6.16. The van der Waals surface area contributed by atoms with Gasteiger partial charge in [0.25, 0.3) is 0 Å². The Hall–Kier alpha value is -1.52. The van der Waals surface area contributed by atoms with Crippen molar-refractivity contribution in [1.29, 1.82) is 0 Å². The number of hydrogen-bond acceptors (Lipinski definition) is 4. The Morgan fingerprint density at radius 1 is 1.09 bits per heavy atom. The monoisotopic (exact) mass is 315 g/mol. The summed E-state index contributed by atoms with van der Waals surface area (Å²) in [5.41, 5.74) is 17.3. The van der Waals surface area contributed by atoms with E-state index in [1.165, 1.54) is 30.6 Å². The van der Waals surface area contributed by atoms with Gasteiger partial charge in [0.1, 0.15) is 0 Å². The second-order valence-corrected chi connectivity index (χ2v) is 7.54. The lowest BCUT2D eigenvalue weighted by Crippen LogP contribution is -2.38. The minimum Gasteiger partial charge on any atom is -0.399 e. The summed E-state index contributed by atoms with van der Waals surface area (Å²) in [5, 5.41) is 4.44. The van der Waals surface area contributed by atoms with Gasteiger partial charge in [-0.05, 0) is 58.3 Å². The van der Waals surface area contributed by atoms with Crippen LogP contribution in [0.2, 0.25) is 0 Å². The molecule has 1 aliphatic rings. The number of nitrogen functional groups attached to an aromatic ring is 2. The Kier molecular flexibility index (Phi) is 4.41. The van der Waals surface area contributed by atoms with Gasteiger partial charge < -0.3 is 11.5 Å². The van der Waals surface area contributed by atoms with Crippen LogP contribution in [0.5, 0.6) is 0 Å². The number of hydrogen-bond donors (Lipinski definition) is 2. The molecule has 1 saturated heterocycles. The Labute approximate surface area is 136 Å². The Morgan fingerprint density at radius 2 is 1.82 bits per heavy atom. The van der Waals surface area contributed by atoms with E-state index in [1.54, 1.807) is 11.3 Å². The molecule has 4 heteroatoms. The smallest absolute Gasteiger partial charge is 0.0395 e. The molecule has 0 aliphatic carbocycles. The number of thiophene rings is 1. The van der Waals surface area contributed by atoms with Crippen LogP contribution in [-0.4, -0.2) is 18.0 Å². The van der Waals surface area contributed by atoms with E-state index in [2.05, 4.69) is 29.5 Å². The summed E-state index contributed by atoms with van der Waals surface area (Å²) >= 11 is 1.74. The zero-order valence-corrected chi connectivity index (χ0v) is 14.2. The van der Waals surface area contributed by atoms with E-state index >= 15 is 0 Å². The molecule has 4 N–H and O–H groups in total. The number of nitrogens with zero attached hydrogens (tertiary/aromatic N) is 1. The molecule has 0 spiro atoms. The highest BCUT2D eigenvalue weighted by Gasteiger charge is 2.23. The lowest BCUT2D eigenvalue weighted by Gasteiger charge is -2.35. The van der Waals surface area contributed by atoms with Crippen molar-refractivity contribution in [3.63, 3.8) is 0 Å². The topological polar surface area (TPSA) is 55.3 Å². The molecule has 0 bridgehead atoms. The van der Waals surface area contributed by atoms with E-state index in [0.29, 0.717) is 0 Å². The highest BCUT2D eigenvalue weighted by Crippen LogP contribution is 2.34. The van der Waals surface area contributed by atoms with Crippen LogP contribution in [0, 0.1) is 11.8 Å². The van der Waals surface area contributed by atoms with Crippen LogP contribution in [0.3, 0.4) is 0 Å². The summed E-state index contributed by atoms with van der Waals surface area (Å²) < 4.78 is 0. The fraction of sp³-hybridized carbons (Fsp3) is 0.444. The number of piperidine rings is 1. The number of rotatable bonds is 3. The third-order valence-corrected chi connectivity index (χ3v) is 5.24. The summed E-state index contributed by atoms with van der Waals surface area (Å²) in [5.74, 6) is 1.56. The average molecular weight is 315 g/mol. The first kappa shape index (κ1) is 15.4. The molecule has 3 rings (SSSR count). The molecule has 22 heavy (non-hydrogen) atoms. The van der Waals surface area contributed by atoms with Crippen molar-refractivity contribution >= 4 is 22.7 Å². The first-order chi connectivity index (χ1) is 10.5. The molecule has 1 aliphatic heterocycles. The second kappa shape index (κ2) is 6.31. The zero-order chi connectivity index (χ0) is 15.7. The number of benzene rings is 1. The fourth-order valence-electron chi connectivity index (χ4n) is 3.65. The van der Waals surface area contributed by atoms with Crippen molar-refractivity contribution in [2.45, 2.75) is 26.8 Å². The van der Waals surface area contributed by atoms with Gasteiger partial charge in [0.2, 0.25) is 0 Å². The predicted molar refractivity (Wildman–Crippen MR) is 96.8 cm³/mol. The number of nitrogens with two attached hydrogens (primary N) is 2. The van der Waals surface area contributed by atoms with Crippen LogP contribution < -0.4 is 11.5 Å². The van der Waals surface area contributed by atoms with Crippen LogP contribution in [-0.2, 0) is 6.54 Å². The quantitative estimate of drug-likeness (QED) is 0.840. The van der Waals surface area contributed by atoms with Crippen molar-refractivity contribution in [2.24, 2.45) is 11.8 Å². The van der Waals surface area contributed by atoms with Gasteiger partial charge in [-0.1, -0.05) is 13.8 Å². The van der Waals surface area contributed by atoms with Gasteiger partial charge in [0, 0.05) is 36.6 Å². The SMILES string of the molecule is CC1CC(C)CN(Cc2cscc2-c2cc(N)ccc2N)C1. The molecule has 2 unspecified atom stereocenters. The van der Waals surface area contributed by atoms with Crippen LogP contribution in [0.15, 0.2) is 29.0 Å². The molecule has 3 nitrogen and oxygen atoms in total. The maximum Gasteiger partial charge on any atom is 0.0395 e. The first-order valence-corrected chi connectivity index (χ1v) is 8.90. The van der Waals surface area contributed by atoms with E-state index in [9.17, 15) is 0 Å². The van der Waals surface area contributed by atoms with Gasteiger partial charge in [-0.2, -0.15) is 11.3 Å². The molecule has 0 radical (unpaired) electrons. The molecule has 1 fully saturated rings. The van der Waals surface area contributed by atoms with Gasteiger partial charge in [0.15, 0.2) is 0 Å². The highest BCUT2D eigenvalue weighted by molar-refractivity contribution is 7.08. The highest BCUT2D eigenvalue weighted by atomic mass is 32.1. The normalized spacial score (nSPS) is 22.8. The van der Waals surface area contributed by atoms with Crippen LogP contribution in [0.1, 0.15) is 25.8 Å². The largest absolute Gasteiger partial charge is 0.399 e. The standard InChI is InChI=1S/C18H25N3S/c1-12-5-13(2)8-21(7-12)9-14-10-22-11-17(14)16-6-15(19)3-4-18(16)20/h3-4,6,10-13H,5,7-9,19-20H2,1-2H3. The molecular weight excluding hydrogens is 290 g/mol. The summed E-state index contributed by atoms with van der Waals surface area (Å²) in [6.45, 7) is 8.08. The summed E-state index contributed by atoms with van der Waals surface area (Å²) in [7, 11) is 0. The molecule has 118 valence electrons. The van der Waals surface area contributed by atoms with Gasteiger partial charge >= 0.3 is 0 Å². The van der Waals surface area contributed by atoms with Gasteiger partial charge in [-0.15, -0.1) is 0 Å². The van der Waals surface area contributed by atoms with Crippen LogP contribution >= 0.6 is 11.3 Å². The minimum absolute atomic E-state index is 0.765. The molecule has 2 heterocycles. The van der Waals surface area contributed by atoms with Crippen molar-refractivity contribution in [3.8, 4) is 11.1 Å². The van der Waals surface area contributed by atoms with Gasteiger partial charge in [-0.3, -0.25) is 4.90 Å². The lowest BCUT2D eigenvalue weighted by atomic mass is 9.91. The van der Waals surface area contributed by atoms with Crippen molar-refractivity contribution < 1.29 is 0 Å². The van der Waals surface area contributed by atoms with Crippen molar-refractivity contribution in [1.82, 2.24) is 4.90 Å². The van der Waals surface area contributed by atoms with E-state index in [0.717, 1.165) is 35.3 Å². The van der Waals surface area contributed by atoms with Gasteiger partial charge in [-0.25, -0.2) is 0 Å². The van der Waals surface area contributed by atoms with Crippen LogP contribution in [0.25, 0.3) is 11.1 Å². The summed E-state index contributed by atoms with van der Waals surface area (Å²) in [6, 6.07) is 5.75. The number of likely N-dealkylation sites (tertiary alicyclic amines) is 1. The summed E-state index contributed by atoms with van der Waals surface area (Å²) in [6.07, 6.45) is 1.34. The maximum atomic E-state index is 6.16. The Morgan fingerprint density at radius 3 is 2.55 bits per heavy atom. The summed E-state index contributed by atoms with van der Waals surface area (Å²) in [4.78, 5) is 2.58. The molecule has 1 aromatic carbocycles. The predicted octanol–water partition coefficient (Wildman–Crippen LogP) is 4.06. The third kappa shape index (κ3) is 3.28. The van der Waals surface area contributed by atoms with Gasteiger partial charge in [0.05, 0.1) is 0 Å². The van der Waals surface area contributed by atoms with Crippen LogP contribution in [0.4, 0.5) is 11.4 Å². The molecular formula is C18H25N3S. The lowest BCUT2D eigenvalue weighted by molar-refractivity contribution is 0.134. The number of anilines is 2. The van der Waals surface area contributed by atoms with E-state index in [-0.39, 0.29) is 0 Å². The third-order valence-electron chi connectivity index (χ3n) is 4.45. The first-order valence-electron chi connectivity index (χ1n) is 7.95. The van der Waals surface area contributed by atoms with Crippen molar-refractivity contribution in [3.05, 3.63) is 34.5 Å². The molecule has 2 aromatic rings. The van der Waals surface area contributed by atoms with E-state index < -0.39 is 0 Å². The van der Waals surface area contributed by atoms with E-state index in [4.69, 9.17) is 11.5 Å². The molecule has 1 aromatic heterocycles. The minimum atomic E-state index is 0.765. The second-order valence-electron chi connectivity index (χ2n) is 6.80. The molecule has 0 amide bonds. The average Bonchev–Trinajstić information content (AvgIpc) is 2.88. The molecule has 2 atom stereocenters. The zero-order valence-electron chi connectivity index (χ0n) is 13.4. The molecule has 0 saturated carbocycles. The van der Waals surface area contributed by atoms with Crippen molar-refractivity contribution in [2.75, 3.05) is 24.6 Å². The Balaban J connectivity index is 1.85. The van der Waals surface area contributed by atoms with E-state index in [1.807, 2.05) is 18.2 Å².